The van der Waals surface area contributed by atoms with Gasteiger partial charge < -0.3 is 0 Å². The molecule has 0 spiro atoms. The van der Waals surface area contributed by atoms with Gasteiger partial charge in [-0.2, -0.15) is 0 Å². The van der Waals surface area contributed by atoms with Crippen LogP contribution in [0.25, 0.3) is 11.1 Å². The Morgan fingerprint density at radius 3 is 2.45 bits per heavy atom. The van der Waals surface area contributed by atoms with Gasteiger partial charge in [0.05, 0.1) is 0 Å². The summed E-state index contributed by atoms with van der Waals surface area (Å²) < 4.78 is 2.01. The number of hydrogen-bond donors (Lipinski definition) is 0. The van der Waals surface area contributed by atoms with Crippen molar-refractivity contribution in [2.75, 3.05) is 0 Å². The van der Waals surface area contributed by atoms with Gasteiger partial charge in [0.25, 0.3) is 0 Å². The summed E-state index contributed by atoms with van der Waals surface area (Å²) in [6.07, 6.45) is 6.44. The average Bonchev–Trinajstić information content (AvgIpc) is 2.48. The van der Waals surface area contributed by atoms with E-state index in [9.17, 15) is 0 Å². The first-order chi connectivity index (χ1) is 9.74. The first-order valence-electron chi connectivity index (χ1n) is 6.85. The van der Waals surface area contributed by atoms with Crippen LogP contribution in [0.2, 0.25) is 0 Å². The Labute approximate surface area is 120 Å². The summed E-state index contributed by atoms with van der Waals surface area (Å²) in [5.74, 6) is 0. The molecule has 0 aliphatic carbocycles. The molecule has 98 valence electrons. The lowest BCUT2D eigenvalue weighted by Crippen LogP contribution is -2.13. The van der Waals surface area contributed by atoms with Crippen LogP contribution in [-0.2, 0) is 0 Å². The molecule has 1 heterocycles. The number of allylic oxidation sites excluding steroid dienone is 2. The molecular weight excluding hydrogens is 242 g/mol. The van der Waals surface area contributed by atoms with Crippen LogP contribution >= 0.6 is 0 Å². The van der Waals surface area contributed by atoms with Gasteiger partial charge in [0.1, 0.15) is 6.72 Å². The van der Waals surface area contributed by atoms with E-state index >= 15 is 0 Å². The predicted octanol–water partition coefficient (Wildman–Crippen LogP) is 4.58. The molecule has 0 aromatic heterocycles. The fraction of sp³-hybridized carbons (Fsp3) is 0.105. The Hall–Kier alpha value is -2.41. The summed E-state index contributed by atoms with van der Waals surface area (Å²) in [7, 11) is 0. The van der Waals surface area contributed by atoms with Crippen molar-refractivity contribution in [2.24, 2.45) is 0 Å². The largest absolute Gasteiger partial charge is 0.201 e. The van der Waals surface area contributed by atoms with Crippen molar-refractivity contribution < 1.29 is 4.58 Å². The first-order valence-corrected chi connectivity index (χ1v) is 6.85. The maximum Gasteiger partial charge on any atom is 0.201 e. The molecule has 0 N–H and O–H groups in total. The third kappa shape index (κ3) is 2.48. The maximum absolute atomic E-state index is 4.11. The number of nitrogens with zero attached hydrogens (tertiary/aromatic N) is 1. The van der Waals surface area contributed by atoms with Gasteiger partial charge in [-0.1, -0.05) is 54.6 Å². The first kappa shape index (κ1) is 12.6. The summed E-state index contributed by atoms with van der Waals surface area (Å²) in [6, 6.07) is 19.4. The van der Waals surface area contributed by atoms with E-state index in [0.717, 1.165) is 0 Å². The minimum Gasteiger partial charge on any atom is -0.201 e. The molecule has 0 saturated carbocycles. The monoisotopic (exact) mass is 260 g/mol. The highest BCUT2D eigenvalue weighted by Crippen LogP contribution is 2.27. The van der Waals surface area contributed by atoms with E-state index in [4.69, 9.17) is 0 Å². The van der Waals surface area contributed by atoms with Gasteiger partial charge in [-0.15, -0.1) is 0 Å². The summed E-state index contributed by atoms with van der Waals surface area (Å²) in [6.45, 7) is 6.20. The van der Waals surface area contributed by atoms with Crippen LogP contribution in [0.4, 0.5) is 0 Å². The van der Waals surface area contributed by atoms with Gasteiger partial charge in [0.15, 0.2) is 6.20 Å². The van der Waals surface area contributed by atoms with E-state index in [1.807, 2.05) is 10.6 Å². The minimum absolute atomic E-state index is 0.211. The van der Waals surface area contributed by atoms with E-state index < -0.39 is 0 Å². The highest BCUT2D eigenvalue weighted by molar-refractivity contribution is 5.64. The molecule has 1 aliphatic heterocycles. The standard InChI is InChI=1S/C19H18N/c1-15-11-12-19(20(2)14-15)18-10-6-9-17(13-18)16-7-4-3-5-8-16/h3-14,19H,2H2,1H3/q+1. The molecule has 2 aromatic carbocycles. The molecule has 0 radical (unpaired) electrons. The van der Waals surface area contributed by atoms with Crippen molar-refractivity contribution in [1.82, 2.24) is 0 Å². The van der Waals surface area contributed by atoms with E-state index in [2.05, 4.69) is 80.5 Å². The van der Waals surface area contributed by atoms with Crippen LogP contribution in [0.3, 0.4) is 0 Å². The van der Waals surface area contributed by atoms with Gasteiger partial charge in [-0.25, -0.2) is 4.58 Å². The zero-order valence-corrected chi connectivity index (χ0v) is 11.7. The van der Waals surface area contributed by atoms with Crippen LogP contribution in [0, 0.1) is 0 Å². The molecule has 2 aromatic rings. The van der Waals surface area contributed by atoms with Crippen molar-refractivity contribution in [3.63, 3.8) is 0 Å². The molecule has 1 atom stereocenters. The lowest BCUT2D eigenvalue weighted by molar-refractivity contribution is -0.486. The number of rotatable bonds is 2. The van der Waals surface area contributed by atoms with Crippen molar-refractivity contribution in [3.8, 4) is 11.1 Å². The minimum atomic E-state index is 0.211. The Morgan fingerprint density at radius 1 is 0.950 bits per heavy atom. The molecular formula is C19H18N+. The Balaban J connectivity index is 1.97. The Kier molecular flexibility index (Phi) is 3.34. The summed E-state index contributed by atoms with van der Waals surface area (Å²) >= 11 is 0. The smallest absolute Gasteiger partial charge is 0.201 e. The fourth-order valence-corrected chi connectivity index (χ4v) is 2.57. The molecule has 0 bridgehead atoms. The van der Waals surface area contributed by atoms with E-state index in [1.54, 1.807) is 0 Å². The zero-order valence-electron chi connectivity index (χ0n) is 11.7. The number of benzene rings is 2. The molecule has 1 unspecified atom stereocenters. The van der Waals surface area contributed by atoms with Crippen LogP contribution in [0.15, 0.2) is 78.5 Å². The van der Waals surface area contributed by atoms with Crippen molar-refractivity contribution >= 4 is 6.72 Å². The predicted molar refractivity (Wildman–Crippen MR) is 84.9 cm³/mol. The van der Waals surface area contributed by atoms with Crippen molar-refractivity contribution in [1.29, 1.82) is 0 Å². The van der Waals surface area contributed by atoms with Crippen molar-refractivity contribution in [2.45, 2.75) is 13.0 Å². The molecule has 0 fully saturated rings. The molecule has 1 heteroatoms. The number of hydrogen-bond acceptors (Lipinski definition) is 0. The Morgan fingerprint density at radius 2 is 1.70 bits per heavy atom. The van der Waals surface area contributed by atoms with Gasteiger partial charge in [-0.05, 0) is 30.2 Å². The topological polar surface area (TPSA) is 3.01 Å². The SMILES string of the molecule is C=[N+]1C=C(C)C=CC1c1cccc(-c2ccccc2)c1. The van der Waals surface area contributed by atoms with Gasteiger partial charge in [0.2, 0.25) is 6.04 Å². The molecule has 0 saturated heterocycles. The van der Waals surface area contributed by atoms with Gasteiger partial charge in [-0.3, -0.25) is 0 Å². The van der Waals surface area contributed by atoms with Crippen molar-refractivity contribution in [3.05, 3.63) is 84.1 Å². The zero-order chi connectivity index (χ0) is 13.9. The molecule has 20 heavy (non-hydrogen) atoms. The van der Waals surface area contributed by atoms with Gasteiger partial charge in [0, 0.05) is 11.1 Å². The van der Waals surface area contributed by atoms with Crippen LogP contribution in [-0.4, -0.2) is 11.3 Å². The van der Waals surface area contributed by atoms with Crippen LogP contribution < -0.4 is 0 Å². The molecule has 3 rings (SSSR count). The lowest BCUT2D eigenvalue weighted by Gasteiger charge is -2.14. The molecule has 1 aliphatic rings. The third-order valence-corrected chi connectivity index (χ3v) is 3.60. The second-order valence-electron chi connectivity index (χ2n) is 5.18. The third-order valence-electron chi connectivity index (χ3n) is 3.60. The van der Waals surface area contributed by atoms with E-state index in [1.165, 1.54) is 22.3 Å². The summed E-state index contributed by atoms with van der Waals surface area (Å²) in [5.41, 5.74) is 4.99. The van der Waals surface area contributed by atoms with E-state index in [0.29, 0.717) is 0 Å². The fourth-order valence-electron chi connectivity index (χ4n) is 2.57. The van der Waals surface area contributed by atoms with E-state index in [-0.39, 0.29) is 6.04 Å². The highest BCUT2D eigenvalue weighted by Gasteiger charge is 2.20. The summed E-state index contributed by atoms with van der Waals surface area (Å²) in [5, 5.41) is 0. The lowest BCUT2D eigenvalue weighted by atomic mass is 9.97. The summed E-state index contributed by atoms with van der Waals surface area (Å²) in [4.78, 5) is 0. The Bertz CT molecular complexity index is 693. The van der Waals surface area contributed by atoms with Gasteiger partial charge >= 0.3 is 0 Å². The molecule has 1 nitrogen and oxygen atoms in total. The highest BCUT2D eigenvalue weighted by atomic mass is 15.0. The quantitative estimate of drug-likeness (QED) is 0.695. The molecule has 0 amide bonds. The normalized spacial score (nSPS) is 17.9. The second-order valence-corrected chi connectivity index (χ2v) is 5.18. The average molecular weight is 260 g/mol. The second kappa shape index (κ2) is 5.30. The van der Waals surface area contributed by atoms with Crippen LogP contribution in [0.5, 0.6) is 0 Å². The van der Waals surface area contributed by atoms with Crippen LogP contribution in [0.1, 0.15) is 18.5 Å². The maximum atomic E-state index is 4.11.